The third kappa shape index (κ3) is 3.16. The Morgan fingerprint density at radius 2 is 2.06 bits per heavy atom. The van der Waals surface area contributed by atoms with Crippen LogP contribution >= 0.6 is 11.6 Å². The molecule has 3 nitrogen and oxygen atoms in total. The molecule has 1 aromatic carbocycles. The van der Waals surface area contributed by atoms with Crippen LogP contribution in [-0.2, 0) is 0 Å². The summed E-state index contributed by atoms with van der Waals surface area (Å²) in [6.07, 6.45) is 4.86. The molecule has 96 valence electrons. The van der Waals surface area contributed by atoms with E-state index in [1.165, 1.54) is 6.42 Å². The average molecular weight is 266 g/mol. The molecule has 1 aliphatic rings. The van der Waals surface area contributed by atoms with Gasteiger partial charge in [-0.05, 0) is 25.0 Å². The van der Waals surface area contributed by atoms with E-state index < -0.39 is 5.60 Å². The number of hydrogen-bond donors (Lipinski definition) is 1. The molecule has 4 heteroatoms. The first-order valence-electron chi connectivity index (χ1n) is 6.18. The Labute approximate surface area is 112 Å². The predicted octanol–water partition coefficient (Wildman–Crippen LogP) is 3.29. The number of rotatable bonds is 3. The van der Waals surface area contributed by atoms with Gasteiger partial charge in [0, 0.05) is 6.07 Å². The fraction of sp³-hybridized carbons (Fsp3) is 0.500. The zero-order valence-corrected chi connectivity index (χ0v) is 10.9. The number of aliphatic hydroxyl groups is 1. The SMILES string of the molecule is N#Cc1ccc(OCC2(O)CCCCC2)cc1Cl. The molecule has 1 saturated carbocycles. The minimum Gasteiger partial charge on any atom is -0.491 e. The van der Waals surface area contributed by atoms with Crippen LogP contribution in [0.3, 0.4) is 0 Å². The highest BCUT2D eigenvalue weighted by atomic mass is 35.5. The molecular formula is C14H16ClNO2. The molecule has 2 rings (SSSR count). The van der Waals surface area contributed by atoms with Crippen molar-refractivity contribution >= 4 is 11.6 Å². The molecule has 1 aliphatic carbocycles. The smallest absolute Gasteiger partial charge is 0.121 e. The lowest BCUT2D eigenvalue weighted by Gasteiger charge is -2.31. The molecule has 18 heavy (non-hydrogen) atoms. The molecule has 1 N–H and O–H groups in total. The number of nitriles is 1. The normalized spacial score (nSPS) is 18.1. The molecule has 1 aromatic rings. The maximum absolute atomic E-state index is 10.3. The maximum Gasteiger partial charge on any atom is 0.121 e. The van der Waals surface area contributed by atoms with Crippen LogP contribution in [0.5, 0.6) is 5.75 Å². The fourth-order valence-electron chi connectivity index (χ4n) is 2.25. The Balaban J connectivity index is 1.98. The van der Waals surface area contributed by atoms with Gasteiger partial charge in [0.25, 0.3) is 0 Å². The van der Waals surface area contributed by atoms with E-state index in [-0.39, 0.29) is 6.61 Å². The van der Waals surface area contributed by atoms with Gasteiger partial charge in [0.05, 0.1) is 16.2 Å². The maximum atomic E-state index is 10.3. The van der Waals surface area contributed by atoms with Crippen LogP contribution in [0.1, 0.15) is 37.7 Å². The van der Waals surface area contributed by atoms with Crippen molar-refractivity contribution in [3.05, 3.63) is 28.8 Å². The van der Waals surface area contributed by atoms with Crippen molar-refractivity contribution in [2.24, 2.45) is 0 Å². The van der Waals surface area contributed by atoms with Crippen molar-refractivity contribution in [3.63, 3.8) is 0 Å². The lowest BCUT2D eigenvalue weighted by Crippen LogP contribution is -2.37. The molecule has 0 spiro atoms. The topological polar surface area (TPSA) is 53.2 Å². The van der Waals surface area contributed by atoms with Crippen LogP contribution in [-0.4, -0.2) is 17.3 Å². The summed E-state index contributed by atoms with van der Waals surface area (Å²) in [5.74, 6) is 0.595. The molecule has 0 bridgehead atoms. The van der Waals surface area contributed by atoms with Crippen LogP contribution in [0.15, 0.2) is 18.2 Å². The van der Waals surface area contributed by atoms with Crippen LogP contribution < -0.4 is 4.74 Å². The molecule has 1 fully saturated rings. The first-order valence-corrected chi connectivity index (χ1v) is 6.56. The van der Waals surface area contributed by atoms with Gasteiger partial charge >= 0.3 is 0 Å². The summed E-state index contributed by atoms with van der Waals surface area (Å²) in [5, 5.41) is 19.4. The zero-order chi connectivity index (χ0) is 13.0. The van der Waals surface area contributed by atoms with Crippen molar-refractivity contribution in [2.75, 3.05) is 6.61 Å². The van der Waals surface area contributed by atoms with E-state index >= 15 is 0 Å². The first-order chi connectivity index (χ1) is 8.63. The number of halogens is 1. The predicted molar refractivity (Wildman–Crippen MR) is 69.7 cm³/mol. The van der Waals surface area contributed by atoms with E-state index in [2.05, 4.69) is 0 Å². The molecule has 0 unspecified atom stereocenters. The van der Waals surface area contributed by atoms with Crippen LogP contribution in [0.2, 0.25) is 5.02 Å². The standard InChI is InChI=1S/C14H16ClNO2/c15-13-8-12(5-4-11(13)9-16)18-10-14(17)6-2-1-3-7-14/h4-5,8,17H,1-3,6-7,10H2. The molecule has 0 saturated heterocycles. The van der Waals surface area contributed by atoms with Crippen molar-refractivity contribution in [2.45, 2.75) is 37.7 Å². The first kappa shape index (κ1) is 13.2. The minimum atomic E-state index is -0.710. The van der Waals surface area contributed by atoms with Crippen molar-refractivity contribution in [3.8, 4) is 11.8 Å². The number of ether oxygens (including phenoxy) is 1. The van der Waals surface area contributed by atoms with Gasteiger partial charge in [0.1, 0.15) is 18.4 Å². The van der Waals surface area contributed by atoms with E-state index in [0.717, 1.165) is 25.7 Å². The van der Waals surface area contributed by atoms with E-state index in [9.17, 15) is 5.11 Å². The van der Waals surface area contributed by atoms with Crippen LogP contribution in [0.25, 0.3) is 0 Å². The van der Waals surface area contributed by atoms with E-state index in [4.69, 9.17) is 21.6 Å². The van der Waals surface area contributed by atoms with Crippen LogP contribution in [0, 0.1) is 11.3 Å². The molecule has 0 aliphatic heterocycles. The van der Waals surface area contributed by atoms with E-state index in [1.54, 1.807) is 18.2 Å². The molecule has 0 aromatic heterocycles. The summed E-state index contributed by atoms with van der Waals surface area (Å²) in [6, 6.07) is 6.95. The van der Waals surface area contributed by atoms with E-state index in [1.807, 2.05) is 6.07 Å². The van der Waals surface area contributed by atoms with Gasteiger partial charge < -0.3 is 9.84 Å². The molecular weight excluding hydrogens is 250 g/mol. The molecule has 0 amide bonds. The summed E-state index contributed by atoms with van der Waals surface area (Å²) >= 11 is 5.92. The Morgan fingerprint density at radius 1 is 1.33 bits per heavy atom. The highest BCUT2D eigenvalue weighted by Crippen LogP contribution is 2.29. The molecule has 0 radical (unpaired) electrons. The summed E-state index contributed by atoms with van der Waals surface area (Å²) in [6.45, 7) is 0.287. The Hall–Kier alpha value is -1.24. The van der Waals surface area contributed by atoms with Gasteiger partial charge in [-0.3, -0.25) is 0 Å². The van der Waals surface area contributed by atoms with Gasteiger partial charge in [0.2, 0.25) is 0 Å². The summed E-state index contributed by atoms with van der Waals surface area (Å²) < 4.78 is 5.58. The monoisotopic (exact) mass is 265 g/mol. The third-order valence-electron chi connectivity index (χ3n) is 3.35. The summed E-state index contributed by atoms with van der Waals surface area (Å²) in [5.41, 5.74) is -0.279. The largest absolute Gasteiger partial charge is 0.491 e. The Kier molecular flexibility index (Phi) is 4.11. The van der Waals surface area contributed by atoms with Gasteiger partial charge in [-0.2, -0.15) is 5.26 Å². The quantitative estimate of drug-likeness (QED) is 0.912. The third-order valence-corrected chi connectivity index (χ3v) is 3.67. The zero-order valence-electron chi connectivity index (χ0n) is 10.2. The van der Waals surface area contributed by atoms with Crippen molar-refractivity contribution < 1.29 is 9.84 Å². The van der Waals surface area contributed by atoms with Crippen molar-refractivity contribution in [1.82, 2.24) is 0 Å². The number of nitrogens with zero attached hydrogens (tertiary/aromatic N) is 1. The lowest BCUT2D eigenvalue weighted by molar-refractivity contribution is -0.0339. The van der Waals surface area contributed by atoms with Crippen LogP contribution in [0.4, 0.5) is 0 Å². The minimum absolute atomic E-state index is 0.287. The fourth-order valence-corrected chi connectivity index (χ4v) is 2.46. The molecule has 0 atom stereocenters. The summed E-state index contributed by atoms with van der Waals surface area (Å²) in [4.78, 5) is 0. The second-order valence-electron chi connectivity index (χ2n) is 4.83. The summed E-state index contributed by atoms with van der Waals surface area (Å²) in [7, 11) is 0. The highest BCUT2D eigenvalue weighted by molar-refractivity contribution is 6.31. The lowest BCUT2D eigenvalue weighted by atomic mass is 9.85. The van der Waals surface area contributed by atoms with Crippen molar-refractivity contribution in [1.29, 1.82) is 5.26 Å². The number of hydrogen-bond acceptors (Lipinski definition) is 3. The van der Waals surface area contributed by atoms with Gasteiger partial charge in [0.15, 0.2) is 0 Å². The Bertz CT molecular complexity index is 461. The van der Waals surface area contributed by atoms with E-state index in [0.29, 0.717) is 16.3 Å². The molecule has 0 heterocycles. The van der Waals surface area contributed by atoms with Gasteiger partial charge in [-0.1, -0.05) is 30.9 Å². The highest BCUT2D eigenvalue weighted by Gasteiger charge is 2.29. The number of benzene rings is 1. The second-order valence-corrected chi connectivity index (χ2v) is 5.23. The Morgan fingerprint density at radius 3 is 2.67 bits per heavy atom. The second kappa shape index (κ2) is 5.60. The van der Waals surface area contributed by atoms with Gasteiger partial charge in [-0.25, -0.2) is 0 Å². The average Bonchev–Trinajstić information content (AvgIpc) is 2.38. The van der Waals surface area contributed by atoms with Gasteiger partial charge in [-0.15, -0.1) is 0 Å².